The van der Waals surface area contributed by atoms with Crippen molar-refractivity contribution in [3.63, 3.8) is 0 Å². The molecule has 0 radical (unpaired) electrons. The van der Waals surface area contributed by atoms with Gasteiger partial charge in [-0.25, -0.2) is 4.79 Å². The summed E-state index contributed by atoms with van der Waals surface area (Å²) < 4.78 is 0. The van der Waals surface area contributed by atoms with Crippen molar-refractivity contribution in [3.05, 3.63) is 35.9 Å². The predicted molar refractivity (Wildman–Crippen MR) is 77.1 cm³/mol. The predicted octanol–water partition coefficient (Wildman–Crippen LogP) is 1.50. The zero-order valence-corrected chi connectivity index (χ0v) is 11.6. The molecule has 1 fully saturated rings. The van der Waals surface area contributed by atoms with Crippen molar-refractivity contribution in [1.82, 2.24) is 15.5 Å². The van der Waals surface area contributed by atoms with Crippen molar-refractivity contribution in [2.75, 3.05) is 19.6 Å². The third-order valence-corrected chi connectivity index (χ3v) is 3.40. The lowest BCUT2D eigenvalue weighted by Crippen LogP contribution is -2.45. The minimum Gasteiger partial charge on any atom is -0.341 e. The van der Waals surface area contributed by atoms with Gasteiger partial charge >= 0.3 is 6.03 Å². The molecule has 1 aromatic carbocycles. The smallest absolute Gasteiger partial charge is 0.315 e. The molecule has 1 aromatic rings. The summed E-state index contributed by atoms with van der Waals surface area (Å²) in [6, 6.07) is 9.36. The van der Waals surface area contributed by atoms with Crippen LogP contribution in [0.5, 0.6) is 0 Å². The molecule has 20 heavy (non-hydrogen) atoms. The second-order valence-corrected chi connectivity index (χ2v) is 4.96. The molecule has 3 amide bonds. The fourth-order valence-corrected chi connectivity index (χ4v) is 2.25. The molecule has 1 saturated heterocycles. The third kappa shape index (κ3) is 4.57. The second kappa shape index (κ2) is 7.53. The van der Waals surface area contributed by atoms with Gasteiger partial charge in [0, 0.05) is 19.6 Å². The molecule has 5 nitrogen and oxygen atoms in total. The maximum atomic E-state index is 11.9. The molecule has 0 aromatic heterocycles. The summed E-state index contributed by atoms with van der Waals surface area (Å²) in [5.41, 5.74) is 1.03. The van der Waals surface area contributed by atoms with Gasteiger partial charge in [-0.15, -0.1) is 0 Å². The summed E-state index contributed by atoms with van der Waals surface area (Å²) in [7, 11) is 0. The molecule has 0 unspecified atom stereocenters. The highest BCUT2D eigenvalue weighted by Gasteiger charge is 2.16. The van der Waals surface area contributed by atoms with Gasteiger partial charge in [-0.2, -0.15) is 0 Å². The maximum absolute atomic E-state index is 11.9. The molecule has 0 aliphatic carbocycles. The lowest BCUT2D eigenvalue weighted by atomic mass is 10.1. The SMILES string of the molecule is O=C(NCC(=O)N1CCCCC1)NCc1ccccc1. The summed E-state index contributed by atoms with van der Waals surface area (Å²) in [6.45, 7) is 2.16. The first-order valence-corrected chi connectivity index (χ1v) is 7.09. The van der Waals surface area contributed by atoms with Gasteiger partial charge < -0.3 is 15.5 Å². The molecule has 2 N–H and O–H groups in total. The first-order chi connectivity index (χ1) is 9.75. The number of benzene rings is 1. The Balaban J connectivity index is 1.65. The molecule has 2 rings (SSSR count). The fraction of sp³-hybridized carbons (Fsp3) is 0.467. The Morgan fingerprint density at radius 3 is 2.40 bits per heavy atom. The largest absolute Gasteiger partial charge is 0.341 e. The maximum Gasteiger partial charge on any atom is 0.315 e. The number of nitrogens with one attached hydrogen (secondary N) is 2. The minimum absolute atomic E-state index is 0.000406. The van der Waals surface area contributed by atoms with Crippen LogP contribution < -0.4 is 10.6 Å². The molecule has 1 aliphatic rings. The first-order valence-electron chi connectivity index (χ1n) is 7.09. The van der Waals surface area contributed by atoms with Crippen LogP contribution in [0.2, 0.25) is 0 Å². The van der Waals surface area contributed by atoms with Crippen LogP contribution in [0, 0.1) is 0 Å². The van der Waals surface area contributed by atoms with Crippen molar-refractivity contribution >= 4 is 11.9 Å². The number of likely N-dealkylation sites (tertiary alicyclic amines) is 1. The van der Waals surface area contributed by atoms with E-state index >= 15 is 0 Å². The Morgan fingerprint density at radius 1 is 1.00 bits per heavy atom. The average molecular weight is 275 g/mol. The van der Waals surface area contributed by atoms with E-state index in [4.69, 9.17) is 0 Å². The standard InChI is InChI=1S/C15H21N3O2/c19-14(18-9-5-2-6-10-18)12-17-15(20)16-11-13-7-3-1-4-8-13/h1,3-4,7-8H,2,5-6,9-12H2,(H2,16,17,20). The summed E-state index contributed by atoms with van der Waals surface area (Å²) >= 11 is 0. The highest BCUT2D eigenvalue weighted by molar-refractivity contribution is 5.84. The van der Waals surface area contributed by atoms with Crippen LogP contribution in [-0.4, -0.2) is 36.5 Å². The normalized spacial score (nSPS) is 14.7. The van der Waals surface area contributed by atoms with E-state index in [2.05, 4.69) is 10.6 Å². The van der Waals surface area contributed by atoms with Gasteiger partial charge in [0.2, 0.25) is 5.91 Å². The zero-order chi connectivity index (χ0) is 14.2. The number of hydrogen-bond acceptors (Lipinski definition) is 2. The van der Waals surface area contributed by atoms with Crippen molar-refractivity contribution in [2.45, 2.75) is 25.8 Å². The Labute approximate surface area is 119 Å². The van der Waals surface area contributed by atoms with Crippen molar-refractivity contribution in [3.8, 4) is 0 Å². The quantitative estimate of drug-likeness (QED) is 0.874. The van der Waals surface area contributed by atoms with Crippen LogP contribution in [0.15, 0.2) is 30.3 Å². The van der Waals surface area contributed by atoms with Gasteiger partial charge in [0.05, 0.1) is 6.54 Å². The molecule has 108 valence electrons. The van der Waals surface area contributed by atoms with E-state index in [1.54, 1.807) is 0 Å². The van der Waals surface area contributed by atoms with Crippen molar-refractivity contribution in [2.24, 2.45) is 0 Å². The van der Waals surface area contributed by atoms with Crippen LogP contribution in [0.3, 0.4) is 0 Å². The molecule has 0 spiro atoms. The zero-order valence-electron chi connectivity index (χ0n) is 11.6. The lowest BCUT2D eigenvalue weighted by molar-refractivity contribution is -0.130. The van der Waals surface area contributed by atoms with Gasteiger partial charge in [-0.05, 0) is 24.8 Å². The molecular weight excluding hydrogens is 254 g/mol. The fourth-order valence-electron chi connectivity index (χ4n) is 2.25. The number of carbonyl (C=O) groups is 2. The van der Waals surface area contributed by atoms with Gasteiger partial charge in [0.15, 0.2) is 0 Å². The van der Waals surface area contributed by atoms with E-state index in [-0.39, 0.29) is 18.5 Å². The van der Waals surface area contributed by atoms with Gasteiger partial charge in [-0.3, -0.25) is 4.79 Å². The molecular formula is C15H21N3O2. The topological polar surface area (TPSA) is 61.4 Å². The summed E-state index contributed by atoms with van der Waals surface area (Å²) in [5, 5.41) is 5.35. The summed E-state index contributed by atoms with van der Waals surface area (Å²) in [4.78, 5) is 25.3. The number of nitrogens with zero attached hydrogens (tertiary/aromatic N) is 1. The van der Waals surface area contributed by atoms with Crippen LogP contribution >= 0.6 is 0 Å². The van der Waals surface area contributed by atoms with Crippen molar-refractivity contribution < 1.29 is 9.59 Å². The molecule has 5 heteroatoms. The second-order valence-electron chi connectivity index (χ2n) is 4.96. The molecule has 0 atom stereocenters. The number of rotatable bonds is 4. The summed E-state index contributed by atoms with van der Waals surface area (Å²) in [6.07, 6.45) is 3.31. The Bertz CT molecular complexity index is 442. The van der Waals surface area contributed by atoms with Crippen LogP contribution in [-0.2, 0) is 11.3 Å². The van der Waals surface area contributed by atoms with E-state index < -0.39 is 0 Å². The minimum atomic E-state index is -0.306. The van der Waals surface area contributed by atoms with Crippen LogP contribution in [0.4, 0.5) is 4.79 Å². The third-order valence-electron chi connectivity index (χ3n) is 3.40. The van der Waals surface area contributed by atoms with E-state index in [0.29, 0.717) is 6.54 Å². The lowest BCUT2D eigenvalue weighted by Gasteiger charge is -2.26. The highest BCUT2D eigenvalue weighted by atomic mass is 16.2. The molecule has 0 saturated carbocycles. The van der Waals surface area contributed by atoms with E-state index in [1.807, 2.05) is 35.2 Å². The number of urea groups is 1. The Morgan fingerprint density at radius 2 is 1.70 bits per heavy atom. The summed E-state index contributed by atoms with van der Waals surface area (Å²) in [5.74, 6) is -0.000406. The number of piperidine rings is 1. The molecule has 0 bridgehead atoms. The number of carbonyl (C=O) groups excluding carboxylic acids is 2. The van der Waals surface area contributed by atoms with Crippen LogP contribution in [0.1, 0.15) is 24.8 Å². The Hall–Kier alpha value is -2.04. The Kier molecular flexibility index (Phi) is 5.41. The number of hydrogen-bond donors (Lipinski definition) is 2. The van der Waals surface area contributed by atoms with Gasteiger partial charge in [0.1, 0.15) is 0 Å². The highest BCUT2D eigenvalue weighted by Crippen LogP contribution is 2.08. The first kappa shape index (κ1) is 14.4. The molecule has 1 heterocycles. The van der Waals surface area contributed by atoms with E-state index in [1.165, 1.54) is 6.42 Å². The molecule has 1 aliphatic heterocycles. The van der Waals surface area contributed by atoms with Gasteiger partial charge in [0.25, 0.3) is 0 Å². The number of amides is 3. The average Bonchev–Trinajstić information content (AvgIpc) is 2.52. The van der Waals surface area contributed by atoms with E-state index in [9.17, 15) is 9.59 Å². The van der Waals surface area contributed by atoms with E-state index in [0.717, 1.165) is 31.5 Å². The monoisotopic (exact) mass is 275 g/mol. The van der Waals surface area contributed by atoms with Crippen molar-refractivity contribution in [1.29, 1.82) is 0 Å². The van der Waals surface area contributed by atoms with Gasteiger partial charge in [-0.1, -0.05) is 30.3 Å². The van der Waals surface area contributed by atoms with Crippen LogP contribution in [0.25, 0.3) is 0 Å².